The molecule has 4 nitrogen and oxygen atoms in total. The van der Waals surface area contributed by atoms with Gasteiger partial charge in [0, 0.05) is 32.2 Å². The molecule has 0 aromatic rings. The number of likely N-dealkylation sites (tertiary alicyclic amines) is 1. The SMILES string of the molecule is CCCCCC(C)N1CCCC1C(=O)N1CCNCC1. The maximum atomic E-state index is 12.7. The maximum Gasteiger partial charge on any atom is 0.240 e. The van der Waals surface area contributed by atoms with Crippen LogP contribution in [-0.2, 0) is 4.79 Å². The highest BCUT2D eigenvalue weighted by atomic mass is 16.2. The van der Waals surface area contributed by atoms with E-state index in [0.717, 1.165) is 39.1 Å². The summed E-state index contributed by atoms with van der Waals surface area (Å²) in [4.78, 5) is 17.2. The number of unbranched alkanes of at least 4 members (excludes halogenated alkanes) is 2. The van der Waals surface area contributed by atoms with Gasteiger partial charge in [-0.25, -0.2) is 0 Å². The molecule has 0 spiro atoms. The maximum absolute atomic E-state index is 12.7. The summed E-state index contributed by atoms with van der Waals surface area (Å²) < 4.78 is 0. The fraction of sp³-hybridized carbons (Fsp3) is 0.938. The van der Waals surface area contributed by atoms with Gasteiger partial charge in [-0.05, 0) is 32.7 Å². The van der Waals surface area contributed by atoms with Crippen molar-refractivity contribution in [3.8, 4) is 0 Å². The van der Waals surface area contributed by atoms with Crippen molar-refractivity contribution in [2.45, 2.75) is 64.5 Å². The Kier molecular flexibility index (Phi) is 6.30. The predicted molar refractivity (Wildman–Crippen MR) is 82.8 cm³/mol. The Bertz CT molecular complexity index is 302. The first kappa shape index (κ1) is 15.8. The molecule has 1 N–H and O–H groups in total. The smallest absolute Gasteiger partial charge is 0.240 e. The topological polar surface area (TPSA) is 35.6 Å². The Hall–Kier alpha value is -0.610. The van der Waals surface area contributed by atoms with E-state index in [-0.39, 0.29) is 6.04 Å². The monoisotopic (exact) mass is 281 g/mol. The van der Waals surface area contributed by atoms with Gasteiger partial charge in [0.25, 0.3) is 0 Å². The fourth-order valence-corrected chi connectivity index (χ4v) is 3.53. The van der Waals surface area contributed by atoms with Crippen molar-refractivity contribution in [3.05, 3.63) is 0 Å². The first-order valence-electron chi connectivity index (χ1n) is 8.49. The van der Waals surface area contributed by atoms with E-state index in [0.29, 0.717) is 11.9 Å². The lowest BCUT2D eigenvalue weighted by atomic mass is 10.1. The Balaban J connectivity index is 1.87. The van der Waals surface area contributed by atoms with E-state index >= 15 is 0 Å². The molecule has 2 aliphatic heterocycles. The molecule has 2 unspecified atom stereocenters. The number of carbonyl (C=O) groups excluding carboxylic acids is 1. The number of nitrogens with zero attached hydrogens (tertiary/aromatic N) is 2. The van der Waals surface area contributed by atoms with Crippen molar-refractivity contribution in [2.24, 2.45) is 0 Å². The first-order chi connectivity index (χ1) is 9.74. The molecule has 2 saturated heterocycles. The zero-order chi connectivity index (χ0) is 14.4. The minimum Gasteiger partial charge on any atom is -0.339 e. The molecular formula is C16H31N3O. The molecule has 1 amide bonds. The molecule has 2 heterocycles. The fourth-order valence-electron chi connectivity index (χ4n) is 3.53. The number of hydrogen-bond acceptors (Lipinski definition) is 3. The third-order valence-electron chi connectivity index (χ3n) is 4.80. The third kappa shape index (κ3) is 3.95. The number of hydrogen-bond donors (Lipinski definition) is 1. The second kappa shape index (κ2) is 7.99. The van der Waals surface area contributed by atoms with E-state index in [1.165, 1.54) is 32.1 Å². The van der Waals surface area contributed by atoms with E-state index in [4.69, 9.17) is 0 Å². The van der Waals surface area contributed by atoms with Crippen molar-refractivity contribution in [3.63, 3.8) is 0 Å². The quantitative estimate of drug-likeness (QED) is 0.755. The molecule has 4 heteroatoms. The summed E-state index contributed by atoms with van der Waals surface area (Å²) in [5.74, 6) is 0.381. The number of piperazine rings is 1. The largest absolute Gasteiger partial charge is 0.339 e. The van der Waals surface area contributed by atoms with Gasteiger partial charge in [-0.15, -0.1) is 0 Å². The van der Waals surface area contributed by atoms with Crippen LogP contribution in [0.3, 0.4) is 0 Å². The lowest BCUT2D eigenvalue weighted by Gasteiger charge is -2.35. The van der Waals surface area contributed by atoms with Gasteiger partial charge in [0.1, 0.15) is 0 Å². The predicted octanol–water partition coefficient (Wildman–Crippen LogP) is 1.85. The average molecular weight is 281 g/mol. The molecule has 0 bridgehead atoms. The van der Waals surface area contributed by atoms with Crippen LogP contribution in [-0.4, -0.2) is 60.5 Å². The number of amides is 1. The van der Waals surface area contributed by atoms with E-state index in [9.17, 15) is 4.79 Å². The van der Waals surface area contributed by atoms with Crippen molar-refractivity contribution in [2.75, 3.05) is 32.7 Å². The van der Waals surface area contributed by atoms with Crippen LogP contribution < -0.4 is 5.32 Å². The summed E-state index contributed by atoms with van der Waals surface area (Å²) >= 11 is 0. The molecule has 20 heavy (non-hydrogen) atoms. The molecule has 0 aliphatic carbocycles. The Morgan fingerprint density at radius 3 is 2.70 bits per heavy atom. The average Bonchev–Trinajstić information content (AvgIpc) is 2.97. The van der Waals surface area contributed by atoms with Crippen LogP contribution in [0.15, 0.2) is 0 Å². The van der Waals surface area contributed by atoms with Crippen LogP contribution in [0.4, 0.5) is 0 Å². The van der Waals surface area contributed by atoms with Crippen molar-refractivity contribution in [1.82, 2.24) is 15.1 Å². The lowest BCUT2D eigenvalue weighted by molar-refractivity contribution is -0.137. The van der Waals surface area contributed by atoms with E-state index in [1.54, 1.807) is 0 Å². The Morgan fingerprint density at radius 2 is 2.00 bits per heavy atom. The summed E-state index contributed by atoms with van der Waals surface area (Å²) in [6.45, 7) is 9.32. The van der Waals surface area contributed by atoms with E-state index in [1.807, 2.05) is 0 Å². The Morgan fingerprint density at radius 1 is 1.25 bits per heavy atom. The lowest BCUT2D eigenvalue weighted by Crippen LogP contribution is -2.53. The van der Waals surface area contributed by atoms with Gasteiger partial charge in [-0.2, -0.15) is 0 Å². The molecule has 2 rings (SSSR count). The highest BCUT2D eigenvalue weighted by Gasteiger charge is 2.36. The molecule has 0 saturated carbocycles. The zero-order valence-corrected chi connectivity index (χ0v) is 13.2. The van der Waals surface area contributed by atoms with Crippen LogP contribution in [0.5, 0.6) is 0 Å². The number of carbonyl (C=O) groups is 1. The Labute approximate surface area is 123 Å². The standard InChI is InChI=1S/C16H31N3O/c1-3-4-5-7-14(2)19-11-6-8-15(19)16(20)18-12-9-17-10-13-18/h14-15,17H,3-13H2,1-2H3. The van der Waals surface area contributed by atoms with Gasteiger partial charge in [0.2, 0.25) is 5.91 Å². The molecule has 2 aliphatic rings. The summed E-state index contributed by atoms with van der Waals surface area (Å²) in [5.41, 5.74) is 0. The number of nitrogens with one attached hydrogen (secondary N) is 1. The number of rotatable bonds is 6. The minimum atomic E-state index is 0.157. The molecule has 0 aromatic carbocycles. The highest BCUT2D eigenvalue weighted by molar-refractivity contribution is 5.82. The van der Waals surface area contributed by atoms with Crippen LogP contribution in [0, 0.1) is 0 Å². The van der Waals surface area contributed by atoms with Gasteiger partial charge in [0.15, 0.2) is 0 Å². The van der Waals surface area contributed by atoms with Crippen molar-refractivity contribution in [1.29, 1.82) is 0 Å². The zero-order valence-electron chi connectivity index (χ0n) is 13.2. The van der Waals surface area contributed by atoms with Crippen LogP contribution >= 0.6 is 0 Å². The first-order valence-corrected chi connectivity index (χ1v) is 8.49. The van der Waals surface area contributed by atoms with E-state index in [2.05, 4.69) is 29.0 Å². The molecule has 0 radical (unpaired) electrons. The molecule has 0 aromatic heterocycles. The molecular weight excluding hydrogens is 250 g/mol. The second-order valence-electron chi connectivity index (χ2n) is 6.32. The molecule has 2 fully saturated rings. The van der Waals surface area contributed by atoms with Gasteiger partial charge in [-0.3, -0.25) is 9.69 Å². The second-order valence-corrected chi connectivity index (χ2v) is 6.32. The van der Waals surface area contributed by atoms with E-state index < -0.39 is 0 Å². The van der Waals surface area contributed by atoms with Gasteiger partial charge in [-0.1, -0.05) is 26.2 Å². The van der Waals surface area contributed by atoms with Crippen molar-refractivity contribution >= 4 is 5.91 Å². The summed E-state index contributed by atoms with van der Waals surface area (Å²) in [5, 5.41) is 3.32. The minimum absolute atomic E-state index is 0.157. The highest BCUT2D eigenvalue weighted by Crippen LogP contribution is 2.24. The summed E-state index contributed by atoms with van der Waals surface area (Å²) in [6, 6.07) is 0.714. The van der Waals surface area contributed by atoms with Gasteiger partial charge in [0.05, 0.1) is 6.04 Å². The third-order valence-corrected chi connectivity index (χ3v) is 4.80. The van der Waals surface area contributed by atoms with Gasteiger partial charge < -0.3 is 10.2 Å². The summed E-state index contributed by atoms with van der Waals surface area (Å²) in [7, 11) is 0. The molecule has 116 valence electrons. The van der Waals surface area contributed by atoms with Crippen LogP contribution in [0.25, 0.3) is 0 Å². The van der Waals surface area contributed by atoms with Crippen LogP contribution in [0.1, 0.15) is 52.4 Å². The normalized spacial score (nSPS) is 25.9. The van der Waals surface area contributed by atoms with Crippen LogP contribution in [0.2, 0.25) is 0 Å². The molecule has 2 atom stereocenters. The summed E-state index contributed by atoms with van der Waals surface area (Å²) in [6.07, 6.45) is 7.35. The van der Waals surface area contributed by atoms with Gasteiger partial charge >= 0.3 is 0 Å². The van der Waals surface area contributed by atoms with Crippen molar-refractivity contribution < 1.29 is 4.79 Å².